The van der Waals surface area contributed by atoms with E-state index >= 15 is 0 Å². The Bertz CT molecular complexity index is 456. The lowest BCUT2D eigenvalue weighted by Gasteiger charge is -2.29. The maximum atomic E-state index is 12.2. The van der Waals surface area contributed by atoms with Gasteiger partial charge in [-0.2, -0.15) is 0 Å². The molecule has 1 saturated heterocycles. The van der Waals surface area contributed by atoms with Gasteiger partial charge in [0.25, 0.3) is 0 Å². The number of morpholine rings is 1. The highest BCUT2D eigenvalue weighted by atomic mass is 35.5. The number of carbonyl (C=O) groups is 1. The predicted octanol–water partition coefficient (Wildman–Crippen LogP) is 2.33. The van der Waals surface area contributed by atoms with Crippen LogP contribution >= 0.6 is 23.2 Å². The monoisotopic (exact) mass is 316 g/mol. The average Bonchev–Trinajstić information content (AvgIpc) is 2.46. The number of halogens is 2. The molecule has 0 aliphatic carbocycles. The van der Waals surface area contributed by atoms with Crippen LogP contribution < -0.4 is 5.32 Å². The van der Waals surface area contributed by atoms with Gasteiger partial charge in [-0.15, -0.1) is 0 Å². The molecule has 1 aliphatic heterocycles. The fourth-order valence-corrected chi connectivity index (χ4v) is 2.63. The van der Waals surface area contributed by atoms with Gasteiger partial charge in [0.05, 0.1) is 19.3 Å². The summed E-state index contributed by atoms with van der Waals surface area (Å²) in [6, 6.07) is 5.11. The van der Waals surface area contributed by atoms with E-state index in [9.17, 15) is 4.79 Å². The number of hydrogen-bond acceptors (Lipinski definition) is 3. The standard InChI is InChI=1S/C14H18Cl2N2O2/c1-10(14(19)18-5-7-20-8-6-18)17-9-11-12(15)3-2-4-13(11)16/h2-4,10,17H,5-9H2,1H3. The highest BCUT2D eigenvalue weighted by Crippen LogP contribution is 2.24. The highest BCUT2D eigenvalue weighted by Gasteiger charge is 2.22. The van der Waals surface area contributed by atoms with Crippen molar-refractivity contribution in [3.8, 4) is 0 Å². The van der Waals surface area contributed by atoms with Crippen LogP contribution in [-0.4, -0.2) is 43.2 Å². The molecule has 6 heteroatoms. The Balaban J connectivity index is 1.91. The quantitative estimate of drug-likeness (QED) is 0.927. The molecule has 1 amide bonds. The number of ether oxygens (including phenoxy) is 1. The van der Waals surface area contributed by atoms with Crippen molar-refractivity contribution in [2.24, 2.45) is 0 Å². The molecule has 1 aromatic rings. The first-order chi connectivity index (χ1) is 9.59. The van der Waals surface area contributed by atoms with Crippen LogP contribution in [0.3, 0.4) is 0 Å². The maximum Gasteiger partial charge on any atom is 0.239 e. The number of amides is 1. The first-order valence-electron chi connectivity index (χ1n) is 6.62. The fraction of sp³-hybridized carbons (Fsp3) is 0.500. The zero-order chi connectivity index (χ0) is 14.5. The van der Waals surface area contributed by atoms with E-state index in [0.717, 1.165) is 5.56 Å². The number of carbonyl (C=O) groups excluding carboxylic acids is 1. The molecule has 1 atom stereocenters. The van der Waals surface area contributed by atoms with E-state index in [1.807, 2.05) is 11.8 Å². The third-order valence-corrected chi connectivity index (χ3v) is 4.05. The van der Waals surface area contributed by atoms with E-state index in [1.165, 1.54) is 0 Å². The second-order valence-electron chi connectivity index (χ2n) is 4.74. The van der Waals surface area contributed by atoms with Crippen LogP contribution in [0.15, 0.2) is 18.2 Å². The first kappa shape index (κ1) is 15.6. The van der Waals surface area contributed by atoms with Crippen LogP contribution in [0.25, 0.3) is 0 Å². The minimum atomic E-state index is -0.277. The molecule has 0 bridgehead atoms. The van der Waals surface area contributed by atoms with Gasteiger partial charge in [0.2, 0.25) is 5.91 Å². The van der Waals surface area contributed by atoms with Gasteiger partial charge in [-0.25, -0.2) is 0 Å². The van der Waals surface area contributed by atoms with Crippen molar-refractivity contribution < 1.29 is 9.53 Å². The van der Waals surface area contributed by atoms with Crippen molar-refractivity contribution in [2.75, 3.05) is 26.3 Å². The predicted molar refractivity (Wildman–Crippen MR) is 80.2 cm³/mol. The third kappa shape index (κ3) is 3.85. The molecule has 0 radical (unpaired) electrons. The zero-order valence-electron chi connectivity index (χ0n) is 11.4. The molecular weight excluding hydrogens is 299 g/mol. The van der Waals surface area contributed by atoms with E-state index in [2.05, 4.69) is 5.32 Å². The molecule has 2 rings (SSSR count). The molecular formula is C14H18Cl2N2O2. The molecule has 1 aliphatic rings. The Hall–Kier alpha value is -0.810. The summed E-state index contributed by atoms with van der Waals surface area (Å²) < 4.78 is 5.24. The number of rotatable bonds is 4. The second-order valence-corrected chi connectivity index (χ2v) is 5.55. The van der Waals surface area contributed by atoms with Gasteiger partial charge in [-0.3, -0.25) is 4.79 Å². The number of hydrogen-bond donors (Lipinski definition) is 1. The van der Waals surface area contributed by atoms with E-state index in [1.54, 1.807) is 18.2 Å². The number of nitrogens with one attached hydrogen (secondary N) is 1. The molecule has 0 saturated carbocycles. The van der Waals surface area contributed by atoms with Gasteiger partial charge in [0, 0.05) is 35.2 Å². The van der Waals surface area contributed by atoms with E-state index in [0.29, 0.717) is 42.9 Å². The summed E-state index contributed by atoms with van der Waals surface area (Å²) >= 11 is 12.2. The van der Waals surface area contributed by atoms with Crippen LogP contribution in [0.5, 0.6) is 0 Å². The Kier molecular flexibility index (Phi) is 5.66. The van der Waals surface area contributed by atoms with E-state index in [-0.39, 0.29) is 11.9 Å². The van der Waals surface area contributed by atoms with Crippen molar-refractivity contribution in [3.63, 3.8) is 0 Å². The molecule has 0 aromatic heterocycles. The van der Waals surface area contributed by atoms with Crippen LogP contribution in [0.1, 0.15) is 12.5 Å². The summed E-state index contributed by atoms with van der Waals surface area (Å²) in [5.74, 6) is 0.0801. The van der Waals surface area contributed by atoms with Crippen LogP contribution in [0.4, 0.5) is 0 Å². The van der Waals surface area contributed by atoms with Crippen molar-refractivity contribution in [1.29, 1.82) is 0 Å². The minimum absolute atomic E-state index is 0.0801. The van der Waals surface area contributed by atoms with Crippen LogP contribution in [0.2, 0.25) is 10.0 Å². The van der Waals surface area contributed by atoms with Gasteiger partial charge in [0.15, 0.2) is 0 Å². The van der Waals surface area contributed by atoms with Gasteiger partial charge in [-0.05, 0) is 19.1 Å². The van der Waals surface area contributed by atoms with Gasteiger partial charge < -0.3 is 15.0 Å². The second kappa shape index (κ2) is 7.27. The summed E-state index contributed by atoms with van der Waals surface area (Å²) in [4.78, 5) is 14.0. The molecule has 1 N–H and O–H groups in total. The zero-order valence-corrected chi connectivity index (χ0v) is 12.9. The van der Waals surface area contributed by atoms with Crippen LogP contribution in [0, 0.1) is 0 Å². The van der Waals surface area contributed by atoms with Crippen molar-refractivity contribution in [3.05, 3.63) is 33.8 Å². The van der Waals surface area contributed by atoms with Crippen molar-refractivity contribution in [2.45, 2.75) is 19.5 Å². The van der Waals surface area contributed by atoms with Gasteiger partial charge in [0.1, 0.15) is 0 Å². The largest absolute Gasteiger partial charge is 0.378 e. The molecule has 4 nitrogen and oxygen atoms in total. The lowest BCUT2D eigenvalue weighted by Crippen LogP contribution is -2.49. The first-order valence-corrected chi connectivity index (χ1v) is 7.38. The van der Waals surface area contributed by atoms with Crippen molar-refractivity contribution in [1.82, 2.24) is 10.2 Å². The third-order valence-electron chi connectivity index (χ3n) is 3.34. The maximum absolute atomic E-state index is 12.2. The van der Waals surface area contributed by atoms with Crippen molar-refractivity contribution >= 4 is 29.1 Å². The summed E-state index contributed by atoms with van der Waals surface area (Å²) in [5.41, 5.74) is 0.817. The molecule has 1 unspecified atom stereocenters. The Morgan fingerprint density at radius 2 is 1.95 bits per heavy atom. The normalized spacial score (nSPS) is 17.1. The van der Waals surface area contributed by atoms with Gasteiger partial charge >= 0.3 is 0 Å². The summed E-state index contributed by atoms with van der Waals surface area (Å²) in [7, 11) is 0. The Morgan fingerprint density at radius 3 is 2.55 bits per heavy atom. The number of benzene rings is 1. The lowest BCUT2D eigenvalue weighted by molar-refractivity contribution is -0.137. The molecule has 1 aromatic carbocycles. The SMILES string of the molecule is CC(NCc1c(Cl)cccc1Cl)C(=O)N1CCOCC1. The van der Waals surface area contributed by atoms with E-state index in [4.69, 9.17) is 27.9 Å². The summed E-state index contributed by atoms with van der Waals surface area (Å²) in [6.07, 6.45) is 0. The Morgan fingerprint density at radius 1 is 1.35 bits per heavy atom. The lowest BCUT2D eigenvalue weighted by atomic mass is 10.2. The molecule has 1 fully saturated rings. The summed E-state index contributed by atoms with van der Waals surface area (Å²) in [6.45, 7) is 4.83. The topological polar surface area (TPSA) is 41.6 Å². The molecule has 110 valence electrons. The highest BCUT2D eigenvalue weighted by molar-refractivity contribution is 6.35. The number of nitrogens with zero attached hydrogens (tertiary/aromatic N) is 1. The van der Waals surface area contributed by atoms with Crippen LogP contribution in [-0.2, 0) is 16.1 Å². The van der Waals surface area contributed by atoms with Gasteiger partial charge in [-0.1, -0.05) is 29.3 Å². The smallest absolute Gasteiger partial charge is 0.239 e. The Labute approximate surface area is 129 Å². The molecule has 0 spiro atoms. The minimum Gasteiger partial charge on any atom is -0.378 e. The average molecular weight is 317 g/mol. The molecule has 1 heterocycles. The summed E-state index contributed by atoms with van der Waals surface area (Å²) in [5, 5.41) is 4.39. The fourth-order valence-electron chi connectivity index (χ4n) is 2.10. The molecule has 20 heavy (non-hydrogen) atoms. The van der Waals surface area contributed by atoms with E-state index < -0.39 is 0 Å².